The van der Waals surface area contributed by atoms with Crippen LogP contribution in [0.25, 0.3) is 5.70 Å². The normalized spacial score (nSPS) is 20.4. The molecule has 1 spiro atoms. The number of carbonyl (C=O) groups excluding carboxylic acids is 2. The number of rotatable bonds is 4. The van der Waals surface area contributed by atoms with Crippen LogP contribution in [0.1, 0.15) is 31.4 Å². The van der Waals surface area contributed by atoms with Gasteiger partial charge in [0, 0.05) is 23.6 Å². The Kier molecular flexibility index (Phi) is 4.74. The molecule has 5 nitrogen and oxygen atoms in total. The molecule has 0 unspecified atom stereocenters. The SMILES string of the molecule is CCCN1C(c2ccccc2)=C[C@]2(C(=O)Nc3ccccc32)C(C(=O)OC)=C1C. The number of amides is 1. The van der Waals surface area contributed by atoms with Gasteiger partial charge in [0.2, 0.25) is 5.91 Å². The number of nitrogens with zero attached hydrogens (tertiary/aromatic N) is 1. The molecular weight excluding hydrogens is 364 g/mol. The Morgan fingerprint density at radius 3 is 2.48 bits per heavy atom. The molecule has 1 amide bonds. The molecule has 2 aromatic rings. The number of fused-ring (bicyclic) bond motifs is 2. The lowest BCUT2D eigenvalue weighted by Gasteiger charge is -2.40. The van der Waals surface area contributed by atoms with Crippen molar-refractivity contribution in [2.24, 2.45) is 0 Å². The molecule has 0 saturated carbocycles. The predicted molar refractivity (Wildman–Crippen MR) is 113 cm³/mol. The number of esters is 1. The first-order valence-electron chi connectivity index (χ1n) is 9.81. The summed E-state index contributed by atoms with van der Waals surface area (Å²) in [6, 6.07) is 17.5. The van der Waals surface area contributed by atoms with Crippen molar-refractivity contribution in [3.8, 4) is 0 Å². The Bertz CT molecular complexity index is 1040. The monoisotopic (exact) mass is 388 g/mol. The molecule has 0 aromatic heterocycles. The van der Waals surface area contributed by atoms with Crippen LogP contribution in [0.15, 0.2) is 71.9 Å². The smallest absolute Gasteiger partial charge is 0.337 e. The molecule has 2 heterocycles. The third kappa shape index (κ3) is 2.77. The highest BCUT2D eigenvalue weighted by molar-refractivity contribution is 6.17. The maximum absolute atomic E-state index is 13.4. The first kappa shape index (κ1) is 19.0. The number of nitrogens with one attached hydrogen (secondary N) is 1. The number of benzene rings is 2. The fourth-order valence-corrected chi connectivity index (χ4v) is 4.40. The Morgan fingerprint density at radius 2 is 1.79 bits per heavy atom. The highest BCUT2D eigenvalue weighted by Crippen LogP contribution is 2.50. The van der Waals surface area contributed by atoms with Crippen molar-refractivity contribution in [3.63, 3.8) is 0 Å². The Labute approximate surface area is 170 Å². The molecule has 0 fully saturated rings. The molecule has 4 rings (SSSR count). The number of ether oxygens (including phenoxy) is 1. The lowest BCUT2D eigenvalue weighted by molar-refractivity contribution is -0.138. The van der Waals surface area contributed by atoms with E-state index in [-0.39, 0.29) is 5.91 Å². The van der Waals surface area contributed by atoms with Crippen molar-refractivity contribution in [3.05, 3.63) is 83.1 Å². The summed E-state index contributed by atoms with van der Waals surface area (Å²) in [5.74, 6) is -0.721. The molecule has 5 heteroatoms. The number of allylic oxidation sites excluding steroid dienone is 1. The summed E-state index contributed by atoms with van der Waals surface area (Å²) in [5.41, 5.74) is 3.31. The van der Waals surface area contributed by atoms with Crippen LogP contribution in [0.4, 0.5) is 5.69 Å². The van der Waals surface area contributed by atoms with E-state index in [0.717, 1.165) is 41.2 Å². The van der Waals surface area contributed by atoms with E-state index in [4.69, 9.17) is 4.74 Å². The summed E-state index contributed by atoms with van der Waals surface area (Å²) in [6.07, 6.45) is 2.82. The van der Waals surface area contributed by atoms with Crippen molar-refractivity contribution in [1.82, 2.24) is 4.90 Å². The molecule has 1 N–H and O–H groups in total. The van der Waals surface area contributed by atoms with Crippen LogP contribution in [0.3, 0.4) is 0 Å². The van der Waals surface area contributed by atoms with Crippen molar-refractivity contribution in [2.75, 3.05) is 19.0 Å². The second kappa shape index (κ2) is 7.24. The lowest BCUT2D eigenvalue weighted by atomic mass is 9.71. The number of anilines is 1. The zero-order chi connectivity index (χ0) is 20.6. The highest BCUT2D eigenvalue weighted by Gasteiger charge is 2.54. The average molecular weight is 388 g/mol. The molecule has 29 heavy (non-hydrogen) atoms. The van der Waals surface area contributed by atoms with Crippen LogP contribution in [0.5, 0.6) is 0 Å². The Hall–Kier alpha value is -3.34. The molecule has 1 atom stereocenters. The zero-order valence-corrected chi connectivity index (χ0v) is 16.9. The number of hydrogen-bond acceptors (Lipinski definition) is 4. The fourth-order valence-electron chi connectivity index (χ4n) is 4.40. The molecule has 0 saturated heterocycles. The third-order valence-electron chi connectivity index (χ3n) is 5.67. The van der Waals surface area contributed by atoms with Crippen LogP contribution in [0.2, 0.25) is 0 Å². The van der Waals surface area contributed by atoms with Crippen molar-refractivity contribution < 1.29 is 14.3 Å². The van der Waals surface area contributed by atoms with Gasteiger partial charge in [-0.3, -0.25) is 4.79 Å². The first-order chi connectivity index (χ1) is 14.0. The quantitative estimate of drug-likeness (QED) is 0.802. The molecular formula is C24H24N2O3. The van der Waals surface area contributed by atoms with Gasteiger partial charge in [-0.05, 0) is 36.6 Å². The number of hydrogen-bond donors (Lipinski definition) is 1. The third-order valence-corrected chi connectivity index (χ3v) is 5.67. The number of carbonyl (C=O) groups is 2. The standard InChI is InChI=1S/C24H24N2O3/c1-4-14-26-16(2)21(22(27)29-3)24(15-20(26)17-10-6-5-7-11-17)18-12-8-9-13-19(18)25-23(24)28/h5-13,15H,4,14H2,1-3H3,(H,25,28)/t24-/m1/s1. The van der Waals surface area contributed by atoms with Gasteiger partial charge in [-0.15, -0.1) is 0 Å². The van der Waals surface area contributed by atoms with Crippen LogP contribution >= 0.6 is 0 Å². The van der Waals surface area contributed by atoms with Crippen molar-refractivity contribution >= 4 is 23.3 Å². The van der Waals surface area contributed by atoms with Crippen LogP contribution in [-0.2, 0) is 19.7 Å². The fraction of sp³-hybridized carbons (Fsp3) is 0.250. The van der Waals surface area contributed by atoms with E-state index in [1.807, 2.05) is 67.6 Å². The van der Waals surface area contributed by atoms with Crippen molar-refractivity contribution in [2.45, 2.75) is 25.7 Å². The predicted octanol–water partition coefficient (Wildman–Crippen LogP) is 4.09. The summed E-state index contributed by atoms with van der Waals surface area (Å²) in [5, 5.41) is 2.96. The molecule has 2 aliphatic rings. The van der Waals surface area contributed by atoms with E-state index in [9.17, 15) is 9.59 Å². The van der Waals surface area contributed by atoms with E-state index < -0.39 is 11.4 Å². The maximum Gasteiger partial charge on any atom is 0.337 e. The zero-order valence-electron chi connectivity index (χ0n) is 16.9. The van der Waals surface area contributed by atoms with Crippen LogP contribution < -0.4 is 5.32 Å². The minimum Gasteiger partial charge on any atom is -0.466 e. The van der Waals surface area contributed by atoms with Gasteiger partial charge in [0.25, 0.3) is 0 Å². The molecule has 0 radical (unpaired) electrons. The van der Waals surface area contributed by atoms with Gasteiger partial charge >= 0.3 is 5.97 Å². The first-order valence-corrected chi connectivity index (χ1v) is 9.81. The van der Waals surface area contributed by atoms with Crippen LogP contribution in [-0.4, -0.2) is 30.4 Å². The minimum atomic E-state index is -1.22. The summed E-state index contributed by atoms with van der Waals surface area (Å²) in [7, 11) is 1.36. The summed E-state index contributed by atoms with van der Waals surface area (Å²) >= 11 is 0. The van der Waals surface area contributed by atoms with Gasteiger partial charge in [-0.2, -0.15) is 0 Å². The number of methoxy groups -OCH3 is 1. The largest absolute Gasteiger partial charge is 0.466 e. The summed E-state index contributed by atoms with van der Waals surface area (Å²) in [6.45, 7) is 4.72. The minimum absolute atomic E-state index is 0.233. The molecule has 2 aliphatic heterocycles. The maximum atomic E-state index is 13.4. The molecule has 148 valence electrons. The van der Waals surface area contributed by atoms with E-state index in [1.165, 1.54) is 7.11 Å². The van der Waals surface area contributed by atoms with E-state index in [1.54, 1.807) is 0 Å². The van der Waals surface area contributed by atoms with E-state index in [0.29, 0.717) is 5.57 Å². The number of para-hydroxylation sites is 1. The molecule has 2 aromatic carbocycles. The second-order valence-electron chi connectivity index (χ2n) is 7.31. The van der Waals surface area contributed by atoms with Gasteiger partial charge in [0.1, 0.15) is 5.41 Å². The topological polar surface area (TPSA) is 58.6 Å². The van der Waals surface area contributed by atoms with Crippen molar-refractivity contribution in [1.29, 1.82) is 0 Å². The summed E-state index contributed by atoms with van der Waals surface area (Å²) < 4.78 is 5.14. The average Bonchev–Trinajstić information content (AvgIpc) is 3.02. The van der Waals surface area contributed by atoms with Crippen LogP contribution in [0, 0.1) is 0 Å². The van der Waals surface area contributed by atoms with Gasteiger partial charge in [0.15, 0.2) is 0 Å². The summed E-state index contributed by atoms with van der Waals surface area (Å²) in [4.78, 5) is 28.5. The lowest BCUT2D eigenvalue weighted by Crippen LogP contribution is -2.44. The second-order valence-corrected chi connectivity index (χ2v) is 7.31. The van der Waals surface area contributed by atoms with Gasteiger partial charge < -0.3 is 15.0 Å². The Morgan fingerprint density at radius 1 is 1.10 bits per heavy atom. The van der Waals surface area contributed by atoms with Gasteiger partial charge in [0.05, 0.1) is 12.7 Å². The van der Waals surface area contributed by atoms with Gasteiger partial charge in [-0.1, -0.05) is 55.5 Å². The van der Waals surface area contributed by atoms with Gasteiger partial charge in [-0.25, -0.2) is 4.79 Å². The molecule has 0 aliphatic carbocycles. The van der Waals surface area contributed by atoms with E-state index >= 15 is 0 Å². The Balaban J connectivity index is 2.05. The molecule has 0 bridgehead atoms. The van der Waals surface area contributed by atoms with E-state index in [2.05, 4.69) is 17.1 Å². The highest BCUT2D eigenvalue weighted by atomic mass is 16.5.